The van der Waals surface area contributed by atoms with Crippen LogP contribution in [-0.2, 0) is 4.84 Å². The van der Waals surface area contributed by atoms with Crippen molar-refractivity contribution in [2.45, 2.75) is 12.5 Å². The van der Waals surface area contributed by atoms with E-state index in [9.17, 15) is 0 Å². The second-order valence-corrected chi connectivity index (χ2v) is 3.60. The molecule has 74 valence electrons. The van der Waals surface area contributed by atoms with Gasteiger partial charge in [0.2, 0.25) is 0 Å². The van der Waals surface area contributed by atoms with E-state index in [-0.39, 0.29) is 12.7 Å². The zero-order chi connectivity index (χ0) is 9.97. The lowest BCUT2D eigenvalue weighted by Crippen LogP contribution is -2.12. The van der Waals surface area contributed by atoms with Gasteiger partial charge in [-0.2, -0.15) is 0 Å². The molecule has 0 spiro atoms. The molecule has 0 amide bonds. The minimum absolute atomic E-state index is 0.00638. The van der Waals surface area contributed by atoms with Gasteiger partial charge in [0.1, 0.15) is 0 Å². The summed E-state index contributed by atoms with van der Waals surface area (Å²) in [5, 5.41) is 13.4. The Morgan fingerprint density at radius 2 is 2.43 bits per heavy atom. The quantitative estimate of drug-likeness (QED) is 0.811. The molecule has 1 aliphatic heterocycles. The molecule has 0 saturated carbocycles. The van der Waals surface area contributed by atoms with Gasteiger partial charge in [0.15, 0.2) is 6.10 Å². The first-order valence-electron chi connectivity index (χ1n) is 4.39. The molecule has 1 atom stereocenters. The van der Waals surface area contributed by atoms with E-state index in [1.54, 1.807) is 0 Å². The van der Waals surface area contributed by atoms with E-state index in [0.29, 0.717) is 11.4 Å². The molecule has 3 nitrogen and oxygen atoms in total. The SMILES string of the molecule is OCC1CC(c2cccc(Cl)c2)=NO1. The Kier molecular flexibility index (Phi) is 2.70. The standard InChI is InChI=1S/C10H10ClNO2/c11-8-3-1-2-7(4-8)10-5-9(6-13)14-12-10/h1-4,9,13H,5-6H2. The van der Waals surface area contributed by atoms with Gasteiger partial charge in [-0.25, -0.2) is 0 Å². The number of benzene rings is 1. The summed E-state index contributed by atoms with van der Waals surface area (Å²) in [5.74, 6) is 0. The summed E-state index contributed by atoms with van der Waals surface area (Å²) in [6, 6.07) is 7.44. The average molecular weight is 212 g/mol. The van der Waals surface area contributed by atoms with E-state index in [1.165, 1.54) is 0 Å². The van der Waals surface area contributed by atoms with Crippen molar-refractivity contribution in [1.82, 2.24) is 0 Å². The van der Waals surface area contributed by atoms with E-state index in [4.69, 9.17) is 21.5 Å². The first-order chi connectivity index (χ1) is 6.79. The molecule has 2 rings (SSSR count). The number of hydrogen-bond donors (Lipinski definition) is 1. The third-order valence-corrected chi connectivity index (χ3v) is 2.33. The van der Waals surface area contributed by atoms with E-state index in [0.717, 1.165) is 11.3 Å². The van der Waals surface area contributed by atoms with Crippen LogP contribution in [0.5, 0.6) is 0 Å². The summed E-state index contributed by atoms with van der Waals surface area (Å²) in [4.78, 5) is 5.00. The molecule has 1 unspecified atom stereocenters. The van der Waals surface area contributed by atoms with Gasteiger partial charge in [0, 0.05) is 17.0 Å². The van der Waals surface area contributed by atoms with Crippen molar-refractivity contribution in [2.24, 2.45) is 5.16 Å². The van der Waals surface area contributed by atoms with Gasteiger partial charge in [0.25, 0.3) is 0 Å². The van der Waals surface area contributed by atoms with Gasteiger partial charge in [-0.15, -0.1) is 0 Å². The highest BCUT2D eigenvalue weighted by molar-refractivity contribution is 6.31. The number of aliphatic hydroxyl groups is 1. The molecular weight excluding hydrogens is 202 g/mol. The highest BCUT2D eigenvalue weighted by Crippen LogP contribution is 2.18. The molecule has 0 radical (unpaired) electrons. The smallest absolute Gasteiger partial charge is 0.156 e. The molecule has 0 bridgehead atoms. The molecule has 0 aliphatic carbocycles. The first-order valence-corrected chi connectivity index (χ1v) is 4.77. The Morgan fingerprint density at radius 3 is 3.07 bits per heavy atom. The molecule has 14 heavy (non-hydrogen) atoms. The van der Waals surface area contributed by atoms with Crippen LogP contribution < -0.4 is 0 Å². The van der Waals surface area contributed by atoms with Crippen LogP contribution in [0.4, 0.5) is 0 Å². The van der Waals surface area contributed by atoms with Crippen molar-refractivity contribution in [1.29, 1.82) is 0 Å². The second-order valence-electron chi connectivity index (χ2n) is 3.16. The van der Waals surface area contributed by atoms with Crippen molar-refractivity contribution in [3.05, 3.63) is 34.9 Å². The summed E-state index contributed by atoms with van der Waals surface area (Å²) in [6.45, 7) is -0.00638. The Bertz CT molecular complexity index is 365. The fourth-order valence-electron chi connectivity index (χ4n) is 1.36. The van der Waals surface area contributed by atoms with Crippen molar-refractivity contribution < 1.29 is 9.94 Å². The number of nitrogens with zero attached hydrogens (tertiary/aromatic N) is 1. The number of rotatable bonds is 2. The predicted molar refractivity (Wildman–Crippen MR) is 54.6 cm³/mol. The summed E-state index contributed by atoms with van der Waals surface area (Å²) in [5.41, 5.74) is 1.79. The molecule has 0 saturated heterocycles. The maximum Gasteiger partial charge on any atom is 0.156 e. The van der Waals surface area contributed by atoms with Gasteiger partial charge >= 0.3 is 0 Å². The fourth-order valence-corrected chi connectivity index (χ4v) is 1.56. The molecule has 1 aromatic carbocycles. The Labute approximate surface area is 86.9 Å². The van der Waals surface area contributed by atoms with Crippen LogP contribution in [0.25, 0.3) is 0 Å². The zero-order valence-electron chi connectivity index (χ0n) is 7.48. The average Bonchev–Trinajstić information content (AvgIpc) is 2.66. The molecule has 0 aromatic heterocycles. The van der Waals surface area contributed by atoms with Crippen LogP contribution in [0.15, 0.2) is 29.4 Å². The van der Waals surface area contributed by atoms with E-state index < -0.39 is 0 Å². The van der Waals surface area contributed by atoms with E-state index in [1.807, 2.05) is 24.3 Å². The molecule has 1 heterocycles. The lowest BCUT2D eigenvalue weighted by Gasteiger charge is -2.01. The Morgan fingerprint density at radius 1 is 1.57 bits per heavy atom. The van der Waals surface area contributed by atoms with E-state index >= 15 is 0 Å². The second kappa shape index (κ2) is 3.98. The van der Waals surface area contributed by atoms with E-state index in [2.05, 4.69) is 5.16 Å². The number of oxime groups is 1. The zero-order valence-corrected chi connectivity index (χ0v) is 8.24. The van der Waals surface area contributed by atoms with Crippen LogP contribution in [0.1, 0.15) is 12.0 Å². The maximum absolute atomic E-state index is 8.86. The van der Waals surface area contributed by atoms with Crippen LogP contribution in [0.3, 0.4) is 0 Å². The number of hydrogen-bond acceptors (Lipinski definition) is 3. The highest BCUT2D eigenvalue weighted by atomic mass is 35.5. The molecule has 0 fully saturated rings. The largest absolute Gasteiger partial charge is 0.392 e. The van der Waals surface area contributed by atoms with Crippen LogP contribution >= 0.6 is 11.6 Å². The van der Waals surface area contributed by atoms with Gasteiger partial charge in [-0.05, 0) is 12.1 Å². The summed E-state index contributed by atoms with van der Waals surface area (Å²) in [7, 11) is 0. The van der Waals surface area contributed by atoms with Gasteiger partial charge in [-0.3, -0.25) is 0 Å². The Balaban J connectivity index is 2.17. The third kappa shape index (κ3) is 1.89. The highest BCUT2D eigenvalue weighted by Gasteiger charge is 2.20. The predicted octanol–water partition coefficient (Wildman–Crippen LogP) is 1.83. The maximum atomic E-state index is 8.86. The van der Waals surface area contributed by atoms with Gasteiger partial charge in [-0.1, -0.05) is 28.9 Å². The minimum Gasteiger partial charge on any atom is -0.392 e. The lowest BCUT2D eigenvalue weighted by molar-refractivity contribution is 0.0390. The Hall–Kier alpha value is -1.06. The molecular formula is C10H10ClNO2. The fraction of sp³-hybridized carbons (Fsp3) is 0.300. The van der Waals surface area contributed by atoms with Crippen molar-refractivity contribution in [2.75, 3.05) is 6.61 Å². The summed E-state index contributed by atoms with van der Waals surface area (Å²) < 4.78 is 0. The monoisotopic (exact) mass is 211 g/mol. The first kappa shape index (κ1) is 9.49. The molecule has 1 N–H and O–H groups in total. The van der Waals surface area contributed by atoms with Crippen molar-refractivity contribution in [3.8, 4) is 0 Å². The van der Waals surface area contributed by atoms with Crippen LogP contribution in [0, 0.1) is 0 Å². The molecule has 1 aromatic rings. The molecule has 1 aliphatic rings. The van der Waals surface area contributed by atoms with Gasteiger partial charge in [0.05, 0.1) is 12.3 Å². The summed E-state index contributed by atoms with van der Waals surface area (Å²) >= 11 is 5.85. The van der Waals surface area contributed by atoms with Gasteiger partial charge < -0.3 is 9.94 Å². The lowest BCUT2D eigenvalue weighted by atomic mass is 10.1. The van der Waals surface area contributed by atoms with Crippen molar-refractivity contribution >= 4 is 17.3 Å². The summed E-state index contributed by atoms with van der Waals surface area (Å²) in [6.07, 6.45) is 0.431. The third-order valence-electron chi connectivity index (χ3n) is 2.09. The number of aliphatic hydroxyl groups excluding tert-OH is 1. The van der Waals surface area contributed by atoms with Crippen molar-refractivity contribution in [3.63, 3.8) is 0 Å². The topological polar surface area (TPSA) is 41.8 Å². The number of halogens is 1. The molecule has 4 heteroatoms. The van der Waals surface area contributed by atoms with Crippen LogP contribution in [-0.4, -0.2) is 23.5 Å². The van der Waals surface area contributed by atoms with Crippen LogP contribution in [0.2, 0.25) is 5.02 Å². The normalized spacial score (nSPS) is 20.4. The minimum atomic E-state index is -0.205.